The van der Waals surface area contributed by atoms with Crippen molar-refractivity contribution in [1.29, 1.82) is 0 Å². The number of ether oxygens (including phenoxy) is 1. The minimum absolute atomic E-state index is 0.0818. The zero-order chi connectivity index (χ0) is 20.1. The molecule has 0 bridgehead atoms. The molecular formula is C20H37N7O. The van der Waals surface area contributed by atoms with Gasteiger partial charge in [0.25, 0.3) is 0 Å². The summed E-state index contributed by atoms with van der Waals surface area (Å²) < 4.78 is 7.65. The predicted molar refractivity (Wildman–Crippen MR) is 112 cm³/mol. The zero-order valence-corrected chi connectivity index (χ0v) is 18.2. The average Bonchev–Trinajstić information content (AvgIpc) is 3.11. The van der Waals surface area contributed by atoms with Gasteiger partial charge in [0.2, 0.25) is 0 Å². The SMILES string of the molecule is CCNC(=NCC1(N(C)C)CCOCC1)NC1CCc2nc(C(C)C)nn2C1. The average molecular weight is 392 g/mol. The Morgan fingerprint density at radius 3 is 2.75 bits per heavy atom. The molecule has 2 aliphatic heterocycles. The second-order valence-electron chi connectivity index (χ2n) is 8.53. The fraction of sp³-hybridized carbons (Fsp3) is 0.850. The van der Waals surface area contributed by atoms with Gasteiger partial charge in [0.1, 0.15) is 5.82 Å². The smallest absolute Gasteiger partial charge is 0.191 e. The lowest BCUT2D eigenvalue weighted by Crippen LogP contribution is -2.52. The number of aliphatic imine (C=N–C) groups is 1. The molecule has 2 N–H and O–H groups in total. The molecule has 0 aliphatic carbocycles. The minimum atomic E-state index is 0.0818. The molecule has 2 aliphatic rings. The number of nitrogens with one attached hydrogen (secondary N) is 2. The Labute approximate surface area is 169 Å². The normalized spacial score (nSPS) is 22.4. The number of guanidine groups is 1. The Hall–Kier alpha value is -1.67. The van der Waals surface area contributed by atoms with Crippen LogP contribution in [0.15, 0.2) is 4.99 Å². The summed E-state index contributed by atoms with van der Waals surface area (Å²) in [4.78, 5) is 12.0. The van der Waals surface area contributed by atoms with Gasteiger partial charge >= 0.3 is 0 Å². The quantitative estimate of drug-likeness (QED) is 0.563. The van der Waals surface area contributed by atoms with Crippen molar-refractivity contribution in [3.8, 4) is 0 Å². The van der Waals surface area contributed by atoms with E-state index in [1.54, 1.807) is 0 Å². The van der Waals surface area contributed by atoms with E-state index in [1.807, 2.05) is 0 Å². The van der Waals surface area contributed by atoms with E-state index in [4.69, 9.17) is 14.8 Å². The highest BCUT2D eigenvalue weighted by atomic mass is 16.5. The first kappa shape index (κ1) is 21.0. The lowest BCUT2D eigenvalue weighted by molar-refractivity contribution is -0.00255. The Bertz CT molecular complexity index is 662. The van der Waals surface area contributed by atoms with Crippen LogP contribution in [-0.2, 0) is 17.7 Å². The monoisotopic (exact) mass is 391 g/mol. The summed E-state index contributed by atoms with van der Waals surface area (Å²) in [7, 11) is 4.31. The molecule has 8 nitrogen and oxygen atoms in total. The van der Waals surface area contributed by atoms with Crippen LogP contribution >= 0.6 is 0 Å². The molecule has 0 radical (unpaired) electrons. The molecule has 1 aromatic heterocycles. The second-order valence-corrected chi connectivity index (χ2v) is 8.53. The predicted octanol–water partition coefficient (Wildman–Crippen LogP) is 1.38. The van der Waals surface area contributed by atoms with Crippen molar-refractivity contribution in [2.45, 2.75) is 70.5 Å². The van der Waals surface area contributed by atoms with E-state index in [0.29, 0.717) is 12.0 Å². The van der Waals surface area contributed by atoms with Gasteiger partial charge in [0.15, 0.2) is 11.8 Å². The van der Waals surface area contributed by atoms with Crippen molar-refractivity contribution >= 4 is 5.96 Å². The van der Waals surface area contributed by atoms with E-state index in [2.05, 4.69) is 60.1 Å². The molecule has 8 heteroatoms. The summed E-state index contributed by atoms with van der Waals surface area (Å²) >= 11 is 0. The van der Waals surface area contributed by atoms with Gasteiger partial charge in [0, 0.05) is 43.7 Å². The lowest BCUT2D eigenvalue weighted by Gasteiger charge is -2.41. The van der Waals surface area contributed by atoms with E-state index < -0.39 is 0 Å². The fourth-order valence-electron chi connectivity index (χ4n) is 3.93. The van der Waals surface area contributed by atoms with E-state index >= 15 is 0 Å². The summed E-state index contributed by atoms with van der Waals surface area (Å²) in [5.41, 5.74) is 0.0818. The van der Waals surface area contributed by atoms with Crippen LogP contribution in [0.5, 0.6) is 0 Å². The topological polar surface area (TPSA) is 79.6 Å². The fourth-order valence-corrected chi connectivity index (χ4v) is 3.93. The molecule has 0 amide bonds. The summed E-state index contributed by atoms with van der Waals surface area (Å²) in [5, 5.41) is 11.7. The maximum Gasteiger partial charge on any atom is 0.191 e. The maximum absolute atomic E-state index is 5.58. The summed E-state index contributed by atoms with van der Waals surface area (Å²) in [5.74, 6) is 3.32. The van der Waals surface area contributed by atoms with Gasteiger partial charge in [-0.15, -0.1) is 0 Å². The molecule has 1 unspecified atom stereocenters. The number of aryl methyl sites for hydroxylation is 1. The van der Waals surface area contributed by atoms with Gasteiger partial charge < -0.3 is 20.3 Å². The third-order valence-corrected chi connectivity index (χ3v) is 5.98. The molecule has 1 fully saturated rings. The number of hydrogen-bond acceptors (Lipinski definition) is 5. The largest absolute Gasteiger partial charge is 0.381 e. The van der Waals surface area contributed by atoms with Crippen LogP contribution in [0.1, 0.15) is 57.6 Å². The molecule has 28 heavy (non-hydrogen) atoms. The third kappa shape index (κ3) is 4.84. The summed E-state index contributed by atoms with van der Waals surface area (Å²) in [6.07, 6.45) is 4.04. The molecular weight excluding hydrogens is 354 g/mol. The number of fused-ring (bicyclic) bond motifs is 1. The van der Waals surface area contributed by atoms with Crippen LogP contribution in [-0.4, -0.2) is 77.6 Å². The van der Waals surface area contributed by atoms with Crippen molar-refractivity contribution in [3.63, 3.8) is 0 Å². The van der Waals surface area contributed by atoms with Crippen LogP contribution in [0.3, 0.4) is 0 Å². The lowest BCUT2D eigenvalue weighted by atomic mass is 9.89. The van der Waals surface area contributed by atoms with Crippen molar-refractivity contribution in [2.24, 2.45) is 4.99 Å². The Kier molecular flexibility index (Phi) is 6.93. The molecule has 0 saturated carbocycles. The minimum Gasteiger partial charge on any atom is -0.381 e. The van der Waals surface area contributed by atoms with E-state index in [9.17, 15) is 0 Å². The molecule has 0 spiro atoms. The molecule has 3 heterocycles. The number of nitrogens with zero attached hydrogens (tertiary/aromatic N) is 5. The maximum atomic E-state index is 5.58. The van der Waals surface area contributed by atoms with Crippen molar-refractivity contribution in [3.05, 3.63) is 11.6 Å². The van der Waals surface area contributed by atoms with Gasteiger partial charge in [-0.25, -0.2) is 9.67 Å². The number of rotatable bonds is 6. The van der Waals surface area contributed by atoms with Crippen molar-refractivity contribution in [1.82, 2.24) is 30.3 Å². The van der Waals surface area contributed by atoms with Gasteiger partial charge in [-0.1, -0.05) is 13.8 Å². The van der Waals surface area contributed by atoms with Crippen LogP contribution in [0.4, 0.5) is 0 Å². The molecule has 1 saturated heterocycles. The van der Waals surface area contributed by atoms with Crippen molar-refractivity contribution < 1.29 is 4.74 Å². The molecule has 158 valence electrons. The van der Waals surface area contributed by atoms with E-state index in [1.165, 1.54) is 0 Å². The highest BCUT2D eigenvalue weighted by Gasteiger charge is 2.35. The summed E-state index contributed by atoms with van der Waals surface area (Å²) in [6.45, 7) is 10.5. The first-order chi connectivity index (χ1) is 13.4. The zero-order valence-electron chi connectivity index (χ0n) is 18.2. The van der Waals surface area contributed by atoms with E-state index in [0.717, 1.165) is 76.1 Å². The van der Waals surface area contributed by atoms with Gasteiger partial charge in [-0.2, -0.15) is 5.10 Å². The Morgan fingerprint density at radius 2 is 2.11 bits per heavy atom. The molecule has 0 aromatic carbocycles. The van der Waals surface area contributed by atoms with Gasteiger partial charge in [-0.3, -0.25) is 4.99 Å². The number of aromatic nitrogens is 3. The summed E-state index contributed by atoms with van der Waals surface area (Å²) in [6, 6.07) is 0.317. The molecule has 1 atom stereocenters. The van der Waals surface area contributed by atoms with Crippen LogP contribution in [0.25, 0.3) is 0 Å². The molecule has 1 aromatic rings. The number of likely N-dealkylation sites (N-methyl/N-ethyl adjacent to an activating group) is 1. The first-order valence-corrected chi connectivity index (χ1v) is 10.7. The second kappa shape index (κ2) is 9.22. The van der Waals surface area contributed by atoms with Crippen LogP contribution < -0.4 is 10.6 Å². The van der Waals surface area contributed by atoms with Gasteiger partial charge in [0.05, 0.1) is 13.1 Å². The van der Waals surface area contributed by atoms with Crippen molar-refractivity contribution in [2.75, 3.05) is 40.4 Å². The highest BCUT2D eigenvalue weighted by molar-refractivity contribution is 5.80. The highest BCUT2D eigenvalue weighted by Crippen LogP contribution is 2.26. The Morgan fingerprint density at radius 1 is 1.36 bits per heavy atom. The first-order valence-electron chi connectivity index (χ1n) is 10.7. The van der Waals surface area contributed by atoms with Crippen LogP contribution in [0, 0.1) is 0 Å². The third-order valence-electron chi connectivity index (χ3n) is 5.98. The molecule has 3 rings (SSSR count). The van der Waals surface area contributed by atoms with E-state index in [-0.39, 0.29) is 5.54 Å². The number of hydrogen-bond donors (Lipinski definition) is 2. The van der Waals surface area contributed by atoms with Crippen LogP contribution in [0.2, 0.25) is 0 Å². The Balaban J connectivity index is 1.66. The standard InChI is InChI=1S/C20H37N7O/c1-6-21-19(22-14-20(26(4)5)9-11-28-12-10-20)23-16-7-8-17-24-18(15(2)3)25-27(17)13-16/h15-16H,6-14H2,1-5H3,(H2,21,22,23). The van der Waals surface area contributed by atoms with Gasteiger partial charge in [-0.05, 0) is 40.3 Å².